The van der Waals surface area contributed by atoms with E-state index in [1.54, 1.807) is 6.92 Å². The minimum absolute atomic E-state index is 0.000461. The monoisotopic (exact) mass is 421 g/mol. The zero-order valence-electron chi connectivity index (χ0n) is 17.0. The number of benzene rings is 1. The first-order valence-corrected chi connectivity index (χ1v) is 12.2. The molecule has 0 amide bonds. The molecular weight excluding hydrogens is 390 g/mol. The molecule has 160 valence electrons. The molecule has 4 rings (SSSR count). The van der Waals surface area contributed by atoms with Crippen molar-refractivity contribution in [2.75, 3.05) is 31.9 Å². The Kier molecular flexibility index (Phi) is 5.72. The van der Waals surface area contributed by atoms with Crippen molar-refractivity contribution >= 4 is 16.0 Å². The largest absolute Gasteiger partial charge is 0.481 e. The molecule has 2 N–H and O–H groups in total. The molecule has 29 heavy (non-hydrogen) atoms. The van der Waals surface area contributed by atoms with Crippen molar-refractivity contribution in [1.29, 1.82) is 0 Å². The maximum Gasteiger partial charge on any atom is 0.305 e. The third kappa shape index (κ3) is 4.35. The third-order valence-corrected chi connectivity index (χ3v) is 8.59. The Hall–Kier alpha value is -1.48. The van der Waals surface area contributed by atoms with Crippen LogP contribution in [-0.2, 0) is 14.8 Å². The van der Waals surface area contributed by atoms with Crippen LogP contribution in [0.1, 0.15) is 44.1 Å². The molecule has 7 nitrogen and oxygen atoms in total. The summed E-state index contributed by atoms with van der Waals surface area (Å²) in [6.07, 6.45) is 3.12. The van der Waals surface area contributed by atoms with Gasteiger partial charge in [-0.25, -0.2) is 8.42 Å². The highest BCUT2D eigenvalue weighted by Crippen LogP contribution is 2.42. The summed E-state index contributed by atoms with van der Waals surface area (Å²) in [5.74, 6) is -0.193. The Morgan fingerprint density at radius 3 is 2.45 bits per heavy atom. The zero-order chi connectivity index (χ0) is 20.6. The highest BCUT2D eigenvalue weighted by Gasteiger charge is 2.53. The first kappa shape index (κ1) is 20.8. The first-order valence-electron chi connectivity index (χ1n) is 10.6. The number of hydrogen-bond acceptors (Lipinski definition) is 5. The average molecular weight is 422 g/mol. The van der Waals surface area contributed by atoms with Crippen molar-refractivity contribution in [3.8, 4) is 0 Å². The minimum Gasteiger partial charge on any atom is -0.481 e. The van der Waals surface area contributed by atoms with Gasteiger partial charge in [0.1, 0.15) is 0 Å². The van der Waals surface area contributed by atoms with Crippen LogP contribution in [0.25, 0.3) is 0 Å². The Morgan fingerprint density at radius 2 is 1.86 bits per heavy atom. The Labute approximate surface area is 173 Å². The van der Waals surface area contributed by atoms with Gasteiger partial charge in [0.15, 0.2) is 0 Å². The van der Waals surface area contributed by atoms with Crippen molar-refractivity contribution in [2.45, 2.75) is 56.1 Å². The van der Waals surface area contributed by atoms with E-state index in [2.05, 4.69) is 34.5 Å². The molecule has 0 radical (unpaired) electrons. The number of hydrogen-bond donors (Lipinski definition) is 2. The van der Waals surface area contributed by atoms with Gasteiger partial charge in [-0.1, -0.05) is 30.3 Å². The molecule has 2 heterocycles. The van der Waals surface area contributed by atoms with Gasteiger partial charge in [0.2, 0.25) is 10.0 Å². The highest BCUT2D eigenvalue weighted by molar-refractivity contribution is 7.89. The van der Waals surface area contributed by atoms with Gasteiger partial charge in [-0.15, -0.1) is 0 Å². The Morgan fingerprint density at radius 1 is 1.21 bits per heavy atom. The number of carbonyl (C=O) groups is 1. The number of nitrogens with one attached hydrogen (secondary N) is 1. The Balaban J connectivity index is 1.30. The summed E-state index contributed by atoms with van der Waals surface area (Å²) in [5.41, 5.74) is 0.847. The van der Waals surface area contributed by atoms with Crippen LogP contribution < -0.4 is 5.32 Å². The number of carboxylic acids is 1. The molecule has 0 bridgehead atoms. The molecule has 0 spiro atoms. The van der Waals surface area contributed by atoms with Gasteiger partial charge in [0.25, 0.3) is 0 Å². The van der Waals surface area contributed by atoms with Crippen molar-refractivity contribution in [2.24, 2.45) is 0 Å². The molecule has 2 saturated heterocycles. The molecular formula is C21H31N3O4S. The SMILES string of the molecule is CCS(=O)(=O)N1CC(CC(=O)O)(N2CCC(N[C@@H]3C[C@H]3c3ccccc3)CC2)C1. The van der Waals surface area contributed by atoms with Crippen LogP contribution >= 0.6 is 0 Å². The predicted molar refractivity (Wildman–Crippen MR) is 111 cm³/mol. The molecule has 2 aliphatic heterocycles. The number of nitrogens with zero attached hydrogens (tertiary/aromatic N) is 2. The number of aliphatic carboxylic acids is 1. The standard InChI is InChI=1S/C21H31N3O4S/c1-2-29(27,28)24-14-21(15-24,13-20(25)26)23-10-8-17(9-11-23)22-19-12-18(19)16-6-4-3-5-7-16/h3-7,17-19,22H,2,8-15H2,1H3,(H,25,26)/t18-,19+/m0/s1. The molecule has 0 aromatic heterocycles. The fourth-order valence-corrected chi connectivity index (χ4v) is 6.20. The van der Waals surface area contributed by atoms with Crippen LogP contribution in [0, 0.1) is 0 Å². The van der Waals surface area contributed by atoms with Gasteiger partial charge in [-0.2, -0.15) is 4.31 Å². The first-order chi connectivity index (χ1) is 13.8. The second kappa shape index (κ2) is 7.98. The van der Waals surface area contributed by atoms with E-state index in [0.29, 0.717) is 31.1 Å². The van der Waals surface area contributed by atoms with Crippen LogP contribution in [0.5, 0.6) is 0 Å². The smallest absolute Gasteiger partial charge is 0.305 e. The third-order valence-electron chi connectivity index (χ3n) is 6.81. The van der Waals surface area contributed by atoms with Crippen LogP contribution in [-0.4, -0.2) is 78.3 Å². The quantitative estimate of drug-likeness (QED) is 0.661. The molecule has 1 aromatic carbocycles. The second-order valence-corrected chi connectivity index (χ2v) is 11.0. The number of piperidine rings is 1. The fourth-order valence-electron chi connectivity index (χ4n) is 4.97. The summed E-state index contributed by atoms with van der Waals surface area (Å²) in [7, 11) is -3.26. The summed E-state index contributed by atoms with van der Waals surface area (Å²) in [5, 5.41) is 13.2. The summed E-state index contributed by atoms with van der Waals surface area (Å²) >= 11 is 0. The lowest BCUT2D eigenvalue weighted by Crippen LogP contribution is -2.73. The summed E-state index contributed by atoms with van der Waals surface area (Å²) < 4.78 is 25.7. The molecule has 3 fully saturated rings. The van der Waals surface area contributed by atoms with Gasteiger partial charge in [0.05, 0.1) is 17.7 Å². The zero-order valence-corrected chi connectivity index (χ0v) is 17.8. The van der Waals surface area contributed by atoms with E-state index in [0.717, 1.165) is 25.9 Å². The lowest BCUT2D eigenvalue weighted by molar-refractivity contribution is -0.144. The summed E-state index contributed by atoms with van der Waals surface area (Å²) in [4.78, 5) is 13.7. The predicted octanol–water partition coefficient (Wildman–Crippen LogP) is 1.48. The van der Waals surface area contributed by atoms with E-state index in [4.69, 9.17) is 0 Å². The van der Waals surface area contributed by atoms with E-state index in [-0.39, 0.29) is 12.2 Å². The molecule has 3 aliphatic rings. The van der Waals surface area contributed by atoms with E-state index in [1.807, 2.05) is 6.07 Å². The molecule has 2 atom stereocenters. The van der Waals surface area contributed by atoms with Gasteiger partial charge in [-0.05, 0) is 31.7 Å². The van der Waals surface area contributed by atoms with E-state index < -0.39 is 21.5 Å². The van der Waals surface area contributed by atoms with Crippen molar-refractivity contribution < 1.29 is 18.3 Å². The molecule has 1 aliphatic carbocycles. The number of sulfonamides is 1. The summed E-state index contributed by atoms with van der Waals surface area (Å²) in [6.45, 7) is 3.85. The van der Waals surface area contributed by atoms with Crippen LogP contribution in [0.3, 0.4) is 0 Å². The molecule has 1 saturated carbocycles. The highest BCUT2D eigenvalue weighted by atomic mass is 32.2. The Bertz CT molecular complexity index is 831. The lowest BCUT2D eigenvalue weighted by atomic mass is 9.84. The van der Waals surface area contributed by atoms with E-state index in [9.17, 15) is 18.3 Å². The molecule has 1 aromatic rings. The minimum atomic E-state index is -3.26. The van der Waals surface area contributed by atoms with Crippen LogP contribution in [0.2, 0.25) is 0 Å². The van der Waals surface area contributed by atoms with Gasteiger partial charge in [-0.3, -0.25) is 9.69 Å². The van der Waals surface area contributed by atoms with Gasteiger partial charge in [0, 0.05) is 44.2 Å². The van der Waals surface area contributed by atoms with Crippen molar-refractivity contribution in [3.05, 3.63) is 35.9 Å². The molecule has 0 unspecified atom stereocenters. The maximum atomic E-state index is 12.1. The number of likely N-dealkylation sites (tertiary alicyclic amines) is 1. The van der Waals surface area contributed by atoms with E-state index in [1.165, 1.54) is 16.3 Å². The average Bonchev–Trinajstić information content (AvgIpc) is 3.44. The lowest BCUT2D eigenvalue weighted by Gasteiger charge is -2.56. The van der Waals surface area contributed by atoms with Crippen LogP contribution in [0.4, 0.5) is 0 Å². The van der Waals surface area contributed by atoms with Crippen molar-refractivity contribution in [1.82, 2.24) is 14.5 Å². The topological polar surface area (TPSA) is 90.0 Å². The summed E-state index contributed by atoms with van der Waals surface area (Å²) in [6, 6.07) is 11.6. The normalized spacial score (nSPS) is 28.0. The molecule has 8 heteroatoms. The van der Waals surface area contributed by atoms with E-state index >= 15 is 0 Å². The van der Waals surface area contributed by atoms with Gasteiger partial charge < -0.3 is 10.4 Å². The maximum absolute atomic E-state index is 12.1. The van der Waals surface area contributed by atoms with Crippen molar-refractivity contribution in [3.63, 3.8) is 0 Å². The fraction of sp³-hybridized carbons (Fsp3) is 0.667. The second-order valence-electron chi connectivity index (χ2n) is 8.75. The van der Waals surface area contributed by atoms with Gasteiger partial charge >= 0.3 is 5.97 Å². The number of rotatable bonds is 8. The van der Waals surface area contributed by atoms with Crippen LogP contribution in [0.15, 0.2) is 30.3 Å². The number of carboxylic acid groups (broad SMARTS) is 1.